The van der Waals surface area contributed by atoms with Gasteiger partial charge in [-0.15, -0.1) is 0 Å². The van der Waals surface area contributed by atoms with Gasteiger partial charge in [0, 0.05) is 6.20 Å². The lowest BCUT2D eigenvalue weighted by Crippen LogP contribution is -2.38. The summed E-state index contributed by atoms with van der Waals surface area (Å²) < 4.78 is 7.15. The summed E-state index contributed by atoms with van der Waals surface area (Å²) in [6, 6.07) is 42.0. The summed E-state index contributed by atoms with van der Waals surface area (Å²) in [5.74, 6) is 0.154. The van der Waals surface area contributed by atoms with E-state index in [1.54, 1.807) is 13.1 Å². The van der Waals surface area contributed by atoms with Gasteiger partial charge in [0.05, 0.1) is 35.7 Å². The zero-order chi connectivity index (χ0) is 31.9. The SMILES string of the molecule is CCOC(=O)Nc1nn(C(c2ccccc2)(c2ccccc2)c2ccccc2)c2cc(CC(=O)N[C@H](C)c3ccccc3)ncc12. The number of ether oxygens (including phenoxy) is 1. The molecule has 2 amide bonds. The van der Waals surface area contributed by atoms with Crippen LogP contribution in [0, 0.1) is 0 Å². The molecule has 0 aliphatic heterocycles. The number of rotatable bonds is 10. The predicted octanol–water partition coefficient (Wildman–Crippen LogP) is 7.26. The maximum Gasteiger partial charge on any atom is 0.412 e. The van der Waals surface area contributed by atoms with Crippen LogP contribution in [-0.2, 0) is 21.5 Å². The Bertz CT molecular complexity index is 1830. The smallest absolute Gasteiger partial charge is 0.412 e. The Morgan fingerprint density at radius 1 is 0.804 bits per heavy atom. The molecule has 1 atom stereocenters. The molecule has 0 fully saturated rings. The monoisotopic (exact) mass is 609 g/mol. The number of carbonyl (C=O) groups is 2. The second kappa shape index (κ2) is 13.5. The number of fused-ring (bicyclic) bond motifs is 1. The van der Waals surface area contributed by atoms with E-state index in [-0.39, 0.29) is 25.0 Å². The van der Waals surface area contributed by atoms with Gasteiger partial charge < -0.3 is 10.1 Å². The normalized spacial score (nSPS) is 12.0. The number of nitrogens with one attached hydrogen (secondary N) is 2. The Labute approximate surface area is 268 Å². The van der Waals surface area contributed by atoms with Crippen molar-refractivity contribution >= 4 is 28.7 Å². The van der Waals surface area contributed by atoms with Gasteiger partial charge >= 0.3 is 6.09 Å². The van der Waals surface area contributed by atoms with Gasteiger partial charge in [-0.25, -0.2) is 9.48 Å². The highest BCUT2D eigenvalue weighted by Crippen LogP contribution is 2.43. The van der Waals surface area contributed by atoms with Crippen LogP contribution in [-0.4, -0.2) is 33.4 Å². The number of benzene rings is 4. The third-order valence-electron chi connectivity index (χ3n) is 8.03. The Hall–Kier alpha value is -5.76. The van der Waals surface area contributed by atoms with Gasteiger partial charge in [0.25, 0.3) is 0 Å². The van der Waals surface area contributed by atoms with Crippen LogP contribution < -0.4 is 10.6 Å². The third-order valence-corrected chi connectivity index (χ3v) is 8.03. The van der Waals surface area contributed by atoms with E-state index < -0.39 is 11.6 Å². The van der Waals surface area contributed by atoms with E-state index in [1.807, 2.05) is 103 Å². The summed E-state index contributed by atoms with van der Waals surface area (Å²) in [6.07, 6.45) is 1.11. The average molecular weight is 610 g/mol. The molecule has 2 aromatic heterocycles. The molecule has 230 valence electrons. The maximum atomic E-state index is 13.3. The molecule has 2 heterocycles. The second-order valence-corrected chi connectivity index (χ2v) is 11.0. The Balaban J connectivity index is 1.54. The minimum Gasteiger partial charge on any atom is -0.450 e. The number of hydrogen-bond donors (Lipinski definition) is 2. The number of aromatic nitrogens is 3. The molecule has 0 bridgehead atoms. The van der Waals surface area contributed by atoms with Crippen molar-refractivity contribution in [2.75, 3.05) is 11.9 Å². The first-order valence-electron chi connectivity index (χ1n) is 15.3. The van der Waals surface area contributed by atoms with Gasteiger partial charge in [-0.2, -0.15) is 5.10 Å². The summed E-state index contributed by atoms with van der Waals surface area (Å²) in [7, 11) is 0. The van der Waals surface area contributed by atoms with E-state index in [1.165, 1.54) is 0 Å². The lowest BCUT2D eigenvalue weighted by Gasteiger charge is -2.37. The molecule has 0 aliphatic rings. The molecule has 8 heteroatoms. The third kappa shape index (κ3) is 5.97. The minimum atomic E-state index is -0.959. The van der Waals surface area contributed by atoms with Crippen molar-refractivity contribution in [3.8, 4) is 0 Å². The molecular weight excluding hydrogens is 574 g/mol. The Morgan fingerprint density at radius 3 is 1.85 bits per heavy atom. The lowest BCUT2D eigenvalue weighted by molar-refractivity contribution is -0.121. The van der Waals surface area contributed by atoms with Gasteiger partial charge in [0.2, 0.25) is 5.91 Å². The molecule has 0 spiro atoms. The fraction of sp³-hybridized carbons (Fsp3) is 0.158. The quantitative estimate of drug-likeness (QED) is 0.159. The molecule has 0 radical (unpaired) electrons. The molecule has 8 nitrogen and oxygen atoms in total. The topological polar surface area (TPSA) is 98.1 Å². The number of nitrogens with zero attached hydrogens (tertiary/aromatic N) is 3. The minimum absolute atomic E-state index is 0.0634. The van der Waals surface area contributed by atoms with E-state index in [0.717, 1.165) is 22.3 Å². The van der Waals surface area contributed by atoms with Crippen molar-refractivity contribution in [1.29, 1.82) is 0 Å². The molecule has 0 unspecified atom stereocenters. The van der Waals surface area contributed by atoms with Crippen LogP contribution in [0.3, 0.4) is 0 Å². The molecule has 46 heavy (non-hydrogen) atoms. The average Bonchev–Trinajstić information content (AvgIpc) is 3.44. The number of amides is 2. The largest absolute Gasteiger partial charge is 0.450 e. The molecule has 6 rings (SSSR count). The van der Waals surface area contributed by atoms with E-state index in [2.05, 4.69) is 52.0 Å². The fourth-order valence-corrected chi connectivity index (χ4v) is 5.95. The predicted molar refractivity (Wildman–Crippen MR) is 179 cm³/mol. The zero-order valence-electron chi connectivity index (χ0n) is 25.8. The molecule has 2 N–H and O–H groups in total. The Kier molecular flexibility index (Phi) is 8.87. The second-order valence-electron chi connectivity index (χ2n) is 11.0. The van der Waals surface area contributed by atoms with Gasteiger partial charge in [0.15, 0.2) is 5.82 Å². The van der Waals surface area contributed by atoms with Crippen LogP contribution in [0.1, 0.15) is 47.8 Å². The molecule has 0 saturated heterocycles. The van der Waals surface area contributed by atoms with E-state index in [9.17, 15) is 9.59 Å². The van der Waals surface area contributed by atoms with E-state index in [4.69, 9.17) is 9.84 Å². The fourth-order valence-electron chi connectivity index (χ4n) is 5.95. The van der Waals surface area contributed by atoms with Crippen molar-refractivity contribution in [3.05, 3.63) is 162 Å². The summed E-state index contributed by atoms with van der Waals surface area (Å²) >= 11 is 0. The van der Waals surface area contributed by atoms with Gasteiger partial charge in [-0.05, 0) is 42.2 Å². The van der Waals surface area contributed by atoms with Crippen molar-refractivity contribution in [3.63, 3.8) is 0 Å². The summed E-state index contributed by atoms with van der Waals surface area (Å²) in [5.41, 5.74) is 4.21. The van der Waals surface area contributed by atoms with Crippen molar-refractivity contribution in [2.24, 2.45) is 0 Å². The Morgan fingerprint density at radius 2 is 1.33 bits per heavy atom. The molecule has 6 aromatic rings. The van der Waals surface area contributed by atoms with Gasteiger partial charge in [0.1, 0.15) is 5.54 Å². The van der Waals surface area contributed by atoms with Crippen LogP contribution in [0.2, 0.25) is 0 Å². The zero-order valence-corrected chi connectivity index (χ0v) is 25.8. The van der Waals surface area contributed by atoms with E-state index in [0.29, 0.717) is 22.4 Å². The highest BCUT2D eigenvalue weighted by Gasteiger charge is 2.41. The summed E-state index contributed by atoms with van der Waals surface area (Å²) in [4.78, 5) is 30.6. The number of pyridine rings is 1. The standard InChI is InChI=1S/C38H35N5O3/c1-3-46-37(45)41-36-33-26-39-32(25-35(44)40-27(2)28-16-8-4-9-17-28)24-34(33)43(42-36)38(29-18-10-5-11-19-29,30-20-12-6-13-21-30)31-22-14-7-15-23-31/h4-24,26-27H,3,25H2,1-2H3,(H,40,44)(H,41,42,45)/t27-/m1/s1. The van der Waals surface area contributed by atoms with Crippen LogP contribution in [0.15, 0.2) is 134 Å². The first-order chi connectivity index (χ1) is 22.5. The first kappa shape index (κ1) is 30.3. The number of carbonyl (C=O) groups excluding carboxylic acids is 2. The van der Waals surface area contributed by atoms with Crippen molar-refractivity contribution in [2.45, 2.75) is 31.8 Å². The highest BCUT2D eigenvalue weighted by atomic mass is 16.5. The molecule has 0 aliphatic carbocycles. The number of anilines is 1. The molecule has 0 saturated carbocycles. The van der Waals surface area contributed by atoms with Crippen LogP contribution >= 0.6 is 0 Å². The van der Waals surface area contributed by atoms with Crippen LogP contribution in [0.4, 0.5) is 10.6 Å². The molecular formula is C38H35N5O3. The number of hydrogen-bond acceptors (Lipinski definition) is 5. The van der Waals surface area contributed by atoms with Crippen molar-refractivity contribution < 1.29 is 14.3 Å². The maximum absolute atomic E-state index is 13.3. The van der Waals surface area contributed by atoms with Crippen molar-refractivity contribution in [1.82, 2.24) is 20.1 Å². The first-order valence-corrected chi connectivity index (χ1v) is 15.3. The van der Waals surface area contributed by atoms with Crippen LogP contribution in [0.25, 0.3) is 10.9 Å². The lowest BCUT2D eigenvalue weighted by atomic mass is 9.77. The summed E-state index contributed by atoms with van der Waals surface area (Å²) in [6.45, 7) is 3.92. The van der Waals surface area contributed by atoms with E-state index >= 15 is 0 Å². The molecule has 4 aromatic carbocycles. The van der Waals surface area contributed by atoms with Gasteiger partial charge in [-0.3, -0.25) is 15.1 Å². The van der Waals surface area contributed by atoms with Gasteiger partial charge in [-0.1, -0.05) is 121 Å². The summed E-state index contributed by atoms with van der Waals surface area (Å²) in [5, 5.41) is 11.6. The van der Waals surface area contributed by atoms with Crippen LogP contribution in [0.5, 0.6) is 0 Å². The highest BCUT2D eigenvalue weighted by molar-refractivity contribution is 5.98.